The molecule has 0 radical (unpaired) electrons. The molecule has 1 rings (SSSR count). The van der Waals surface area contributed by atoms with Crippen LogP contribution < -0.4 is 5.32 Å². The Morgan fingerprint density at radius 1 is 1.57 bits per heavy atom. The molecule has 1 fully saturated rings. The van der Waals surface area contributed by atoms with Gasteiger partial charge in [0.25, 0.3) is 0 Å². The van der Waals surface area contributed by atoms with Gasteiger partial charge in [0.15, 0.2) is 0 Å². The first kappa shape index (κ1) is 11.0. The fourth-order valence-corrected chi connectivity index (χ4v) is 1.40. The highest BCUT2D eigenvalue weighted by Gasteiger charge is 2.33. The molecule has 80 valence electrons. The molecule has 0 spiro atoms. The summed E-state index contributed by atoms with van der Waals surface area (Å²) in [6, 6.07) is -0.227. The minimum Gasteiger partial charge on any atom is -0.481 e. The summed E-state index contributed by atoms with van der Waals surface area (Å²) in [5.74, 6) is -0.780. The Bertz CT molecular complexity index is 225. The van der Waals surface area contributed by atoms with Gasteiger partial charge in [0.05, 0.1) is 6.42 Å². The topological polar surface area (TPSA) is 75.6 Å². The zero-order valence-electron chi connectivity index (χ0n) is 8.16. The van der Waals surface area contributed by atoms with Crippen LogP contribution in [0.1, 0.15) is 19.3 Å². The number of hydrogen-bond donors (Lipinski definition) is 2. The lowest BCUT2D eigenvalue weighted by atomic mass is 10.1. The monoisotopic (exact) mass is 201 g/mol. The number of aliphatic carboxylic acids is 1. The van der Waals surface area contributed by atoms with Crippen molar-refractivity contribution in [1.82, 2.24) is 5.32 Å². The molecule has 1 atom stereocenters. The van der Waals surface area contributed by atoms with Crippen molar-refractivity contribution >= 4 is 11.9 Å². The Kier molecular flexibility index (Phi) is 3.88. The quantitative estimate of drug-likeness (QED) is 0.634. The van der Waals surface area contributed by atoms with Gasteiger partial charge in [-0.1, -0.05) is 0 Å². The van der Waals surface area contributed by atoms with Crippen molar-refractivity contribution in [1.29, 1.82) is 0 Å². The number of nitrogens with one attached hydrogen (secondary N) is 1. The lowest BCUT2D eigenvalue weighted by Crippen LogP contribution is -2.39. The largest absolute Gasteiger partial charge is 0.481 e. The van der Waals surface area contributed by atoms with Crippen LogP contribution in [-0.2, 0) is 14.3 Å². The van der Waals surface area contributed by atoms with E-state index in [0.717, 1.165) is 12.8 Å². The summed E-state index contributed by atoms with van der Waals surface area (Å²) in [7, 11) is 1.43. The predicted octanol–water partition coefficient (Wildman–Crippen LogP) is 0.00230. The van der Waals surface area contributed by atoms with E-state index in [9.17, 15) is 9.59 Å². The molecule has 1 saturated carbocycles. The van der Waals surface area contributed by atoms with E-state index in [-0.39, 0.29) is 25.0 Å². The number of carboxylic acid groups (broad SMARTS) is 1. The van der Waals surface area contributed by atoms with Crippen LogP contribution in [0.25, 0.3) is 0 Å². The summed E-state index contributed by atoms with van der Waals surface area (Å²) in [5, 5.41) is 11.3. The molecule has 0 bridgehead atoms. The summed E-state index contributed by atoms with van der Waals surface area (Å²) in [6.07, 6.45) is 2.01. The highest BCUT2D eigenvalue weighted by molar-refractivity contribution is 5.78. The molecule has 0 aromatic carbocycles. The van der Waals surface area contributed by atoms with Gasteiger partial charge in [-0.3, -0.25) is 9.59 Å². The number of carbonyl (C=O) groups is 2. The Labute approximate surface area is 82.4 Å². The van der Waals surface area contributed by atoms with Crippen molar-refractivity contribution in [2.24, 2.45) is 5.92 Å². The van der Waals surface area contributed by atoms with Crippen LogP contribution in [0.15, 0.2) is 0 Å². The predicted molar refractivity (Wildman–Crippen MR) is 48.8 cm³/mol. The molecule has 5 nitrogen and oxygen atoms in total. The summed E-state index contributed by atoms with van der Waals surface area (Å²) in [6.45, 7) is -0.0111. The number of amides is 1. The molecule has 14 heavy (non-hydrogen) atoms. The van der Waals surface area contributed by atoms with E-state index in [1.54, 1.807) is 0 Å². The fourth-order valence-electron chi connectivity index (χ4n) is 1.40. The summed E-state index contributed by atoms with van der Waals surface area (Å²) in [5.41, 5.74) is 0. The van der Waals surface area contributed by atoms with Crippen LogP contribution in [-0.4, -0.2) is 36.7 Å². The highest BCUT2D eigenvalue weighted by Crippen LogP contribution is 2.33. The van der Waals surface area contributed by atoms with Crippen molar-refractivity contribution in [3.05, 3.63) is 0 Å². The van der Waals surface area contributed by atoms with Crippen molar-refractivity contribution in [2.45, 2.75) is 25.3 Å². The van der Waals surface area contributed by atoms with Gasteiger partial charge in [0.1, 0.15) is 6.61 Å². The zero-order valence-corrected chi connectivity index (χ0v) is 8.16. The Balaban J connectivity index is 2.34. The smallest absolute Gasteiger partial charge is 0.305 e. The summed E-state index contributed by atoms with van der Waals surface area (Å²) in [4.78, 5) is 21.6. The van der Waals surface area contributed by atoms with Crippen molar-refractivity contribution in [2.75, 3.05) is 13.7 Å². The van der Waals surface area contributed by atoms with E-state index in [2.05, 4.69) is 10.1 Å². The third-order valence-corrected chi connectivity index (χ3v) is 2.21. The lowest BCUT2D eigenvalue weighted by Gasteiger charge is -2.15. The highest BCUT2D eigenvalue weighted by atomic mass is 16.5. The minimum absolute atomic E-state index is 0.000120. The number of carbonyl (C=O) groups excluding carboxylic acids is 1. The maximum absolute atomic E-state index is 11.1. The van der Waals surface area contributed by atoms with Gasteiger partial charge in [0, 0.05) is 13.2 Å². The third-order valence-electron chi connectivity index (χ3n) is 2.21. The van der Waals surface area contributed by atoms with E-state index in [0.29, 0.717) is 5.92 Å². The minimum atomic E-state index is -0.875. The Morgan fingerprint density at radius 2 is 2.21 bits per heavy atom. The molecule has 0 aromatic rings. The molecule has 1 unspecified atom stereocenters. The maximum atomic E-state index is 11.1. The van der Waals surface area contributed by atoms with Gasteiger partial charge in [-0.05, 0) is 18.8 Å². The number of carboxylic acids is 1. The second kappa shape index (κ2) is 4.95. The SMILES string of the molecule is COCC(=O)NC(CC(=O)O)C1CC1. The Hall–Kier alpha value is -1.10. The van der Waals surface area contributed by atoms with E-state index < -0.39 is 5.97 Å². The zero-order chi connectivity index (χ0) is 10.6. The Morgan fingerprint density at radius 3 is 2.64 bits per heavy atom. The first-order valence-electron chi connectivity index (χ1n) is 4.63. The van der Waals surface area contributed by atoms with Gasteiger partial charge >= 0.3 is 5.97 Å². The van der Waals surface area contributed by atoms with E-state index in [1.807, 2.05) is 0 Å². The molecule has 1 amide bonds. The number of ether oxygens (including phenoxy) is 1. The lowest BCUT2D eigenvalue weighted by molar-refractivity contribution is -0.138. The molecule has 2 N–H and O–H groups in total. The van der Waals surface area contributed by atoms with Crippen LogP contribution in [0.2, 0.25) is 0 Å². The summed E-state index contributed by atoms with van der Waals surface area (Å²) < 4.78 is 4.65. The van der Waals surface area contributed by atoms with E-state index in [1.165, 1.54) is 7.11 Å². The average Bonchev–Trinajstić information content (AvgIpc) is 2.84. The van der Waals surface area contributed by atoms with Gasteiger partial charge in [-0.25, -0.2) is 0 Å². The van der Waals surface area contributed by atoms with Gasteiger partial charge in [0.2, 0.25) is 5.91 Å². The van der Waals surface area contributed by atoms with Crippen LogP contribution in [0, 0.1) is 5.92 Å². The van der Waals surface area contributed by atoms with Crippen LogP contribution >= 0.6 is 0 Å². The van der Waals surface area contributed by atoms with Crippen molar-refractivity contribution in [3.8, 4) is 0 Å². The van der Waals surface area contributed by atoms with Crippen molar-refractivity contribution in [3.63, 3.8) is 0 Å². The first-order valence-corrected chi connectivity index (χ1v) is 4.63. The molecule has 0 aliphatic heterocycles. The molecule has 0 aromatic heterocycles. The second-order valence-corrected chi connectivity index (χ2v) is 3.54. The summed E-state index contributed by atoms with van der Waals surface area (Å²) >= 11 is 0. The van der Waals surface area contributed by atoms with E-state index >= 15 is 0 Å². The van der Waals surface area contributed by atoms with Gasteiger partial charge < -0.3 is 15.2 Å². The number of rotatable bonds is 6. The third kappa shape index (κ3) is 3.74. The molecule has 0 saturated heterocycles. The van der Waals surface area contributed by atoms with Crippen molar-refractivity contribution < 1.29 is 19.4 Å². The molecule has 0 heterocycles. The second-order valence-electron chi connectivity index (χ2n) is 3.54. The molecular formula is C9H15NO4. The normalized spacial score (nSPS) is 17.5. The maximum Gasteiger partial charge on any atom is 0.305 e. The van der Waals surface area contributed by atoms with Gasteiger partial charge in [-0.15, -0.1) is 0 Å². The van der Waals surface area contributed by atoms with Crippen LogP contribution in [0.4, 0.5) is 0 Å². The standard InChI is InChI=1S/C9H15NO4/c1-14-5-8(11)10-7(4-9(12)13)6-2-3-6/h6-7H,2-5H2,1H3,(H,10,11)(H,12,13). The molecule has 1 aliphatic rings. The number of hydrogen-bond acceptors (Lipinski definition) is 3. The molecule has 1 aliphatic carbocycles. The fraction of sp³-hybridized carbons (Fsp3) is 0.778. The van der Waals surface area contributed by atoms with Crippen LogP contribution in [0.5, 0.6) is 0 Å². The van der Waals surface area contributed by atoms with Gasteiger partial charge in [-0.2, -0.15) is 0 Å². The first-order chi connectivity index (χ1) is 6.63. The van der Waals surface area contributed by atoms with Crippen LogP contribution in [0.3, 0.4) is 0 Å². The molecule has 5 heteroatoms. The van der Waals surface area contributed by atoms with E-state index in [4.69, 9.17) is 5.11 Å². The molecular weight excluding hydrogens is 186 g/mol. The average molecular weight is 201 g/mol. The number of methoxy groups -OCH3 is 1.